The Kier molecular flexibility index (Phi) is 5.41. The van der Waals surface area contributed by atoms with Crippen molar-refractivity contribution in [3.63, 3.8) is 0 Å². The summed E-state index contributed by atoms with van der Waals surface area (Å²) in [5.74, 6) is -0.597. The standard InChI is InChI=1S/C20H20BrFN2O2/c1-13-12-23(19-8-7-15(14(2)25)11-18(19)22)9-10-24(13)20(26)16-5-3-4-6-17(16)21/h3-8,11,13H,9-10,12H2,1-2H3. The van der Waals surface area contributed by atoms with E-state index in [-0.39, 0.29) is 17.7 Å². The van der Waals surface area contributed by atoms with Gasteiger partial charge in [-0.1, -0.05) is 12.1 Å². The fourth-order valence-corrected chi connectivity index (χ4v) is 3.70. The van der Waals surface area contributed by atoms with Gasteiger partial charge < -0.3 is 9.80 Å². The van der Waals surface area contributed by atoms with Crippen LogP contribution in [0.25, 0.3) is 0 Å². The van der Waals surface area contributed by atoms with Gasteiger partial charge in [-0.3, -0.25) is 9.59 Å². The molecule has 0 bridgehead atoms. The zero-order chi connectivity index (χ0) is 18.8. The minimum atomic E-state index is -0.407. The molecule has 0 spiro atoms. The van der Waals surface area contributed by atoms with Gasteiger partial charge in [-0.25, -0.2) is 4.39 Å². The van der Waals surface area contributed by atoms with E-state index in [0.29, 0.717) is 36.4 Å². The van der Waals surface area contributed by atoms with Crippen molar-refractivity contribution in [2.45, 2.75) is 19.9 Å². The highest BCUT2D eigenvalue weighted by Gasteiger charge is 2.30. The van der Waals surface area contributed by atoms with Crippen LogP contribution in [0.2, 0.25) is 0 Å². The van der Waals surface area contributed by atoms with Gasteiger partial charge in [-0.05, 0) is 60.1 Å². The van der Waals surface area contributed by atoms with Crippen molar-refractivity contribution in [2.75, 3.05) is 24.5 Å². The lowest BCUT2D eigenvalue weighted by Gasteiger charge is -2.41. The topological polar surface area (TPSA) is 40.6 Å². The number of piperazine rings is 1. The van der Waals surface area contributed by atoms with E-state index in [1.54, 1.807) is 18.2 Å². The van der Waals surface area contributed by atoms with Crippen LogP contribution in [0.3, 0.4) is 0 Å². The van der Waals surface area contributed by atoms with Crippen molar-refractivity contribution >= 4 is 33.3 Å². The monoisotopic (exact) mass is 418 g/mol. The van der Waals surface area contributed by atoms with Crippen LogP contribution in [0.5, 0.6) is 0 Å². The lowest BCUT2D eigenvalue weighted by atomic mass is 10.1. The van der Waals surface area contributed by atoms with Gasteiger partial charge in [0.05, 0.1) is 11.3 Å². The van der Waals surface area contributed by atoms with Crippen LogP contribution < -0.4 is 4.90 Å². The first-order chi connectivity index (χ1) is 12.4. The number of carbonyl (C=O) groups excluding carboxylic acids is 2. The summed E-state index contributed by atoms with van der Waals surface area (Å²) in [5.41, 5.74) is 1.46. The van der Waals surface area contributed by atoms with Crippen molar-refractivity contribution in [3.8, 4) is 0 Å². The second kappa shape index (κ2) is 7.58. The highest BCUT2D eigenvalue weighted by molar-refractivity contribution is 9.10. The molecule has 1 saturated heterocycles. The quantitative estimate of drug-likeness (QED) is 0.703. The molecule has 1 amide bonds. The molecule has 26 heavy (non-hydrogen) atoms. The number of rotatable bonds is 3. The van der Waals surface area contributed by atoms with Crippen LogP contribution in [0, 0.1) is 5.82 Å². The SMILES string of the molecule is CC(=O)c1ccc(N2CCN(C(=O)c3ccccc3Br)C(C)C2)c(F)c1. The summed E-state index contributed by atoms with van der Waals surface area (Å²) in [5, 5.41) is 0. The maximum Gasteiger partial charge on any atom is 0.255 e. The van der Waals surface area contributed by atoms with Crippen LogP contribution in [-0.4, -0.2) is 42.3 Å². The summed E-state index contributed by atoms with van der Waals surface area (Å²) >= 11 is 3.42. The zero-order valence-electron chi connectivity index (χ0n) is 14.7. The van der Waals surface area contributed by atoms with Crippen molar-refractivity contribution in [1.82, 2.24) is 4.90 Å². The molecule has 1 aliphatic rings. The fraction of sp³-hybridized carbons (Fsp3) is 0.300. The first-order valence-electron chi connectivity index (χ1n) is 8.49. The zero-order valence-corrected chi connectivity index (χ0v) is 16.3. The fourth-order valence-electron chi connectivity index (χ4n) is 3.25. The Hall–Kier alpha value is -2.21. The summed E-state index contributed by atoms with van der Waals surface area (Å²) < 4.78 is 15.2. The molecular formula is C20H20BrFN2O2. The second-order valence-electron chi connectivity index (χ2n) is 6.50. The number of halogens is 2. The molecule has 1 unspecified atom stereocenters. The Labute approximate surface area is 160 Å². The van der Waals surface area contributed by atoms with E-state index in [9.17, 15) is 14.0 Å². The molecule has 4 nitrogen and oxygen atoms in total. The molecule has 0 saturated carbocycles. The summed E-state index contributed by atoms with van der Waals surface area (Å²) in [4.78, 5) is 28.0. The van der Waals surface area contributed by atoms with Crippen LogP contribution in [-0.2, 0) is 0 Å². The van der Waals surface area contributed by atoms with Gasteiger partial charge in [0.15, 0.2) is 5.78 Å². The molecule has 0 aliphatic carbocycles. The van der Waals surface area contributed by atoms with E-state index in [0.717, 1.165) is 4.47 Å². The Morgan fingerprint density at radius 1 is 1.15 bits per heavy atom. The molecule has 2 aromatic carbocycles. The van der Waals surface area contributed by atoms with Crippen molar-refractivity contribution in [3.05, 3.63) is 63.9 Å². The highest BCUT2D eigenvalue weighted by Crippen LogP contribution is 2.26. The molecule has 3 rings (SSSR count). The minimum absolute atomic E-state index is 0.0305. The number of nitrogens with zero attached hydrogens (tertiary/aromatic N) is 2. The third-order valence-corrected chi connectivity index (χ3v) is 5.38. The minimum Gasteiger partial charge on any atom is -0.365 e. The molecule has 1 atom stereocenters. The molecule has 0 N–H and O–H groups in total. The predicted molar refractivity (Wildman–Crippen MR) is 103 cm³/mol. The third-order valence-electron chi connectivity index (χ3n) is 4.69. The van der Waals surface area contributed by atoms with Gasteiger partial charge in [0.2, 0.25) is 0 Å². The lowest BCUT2D eigenvalue weighted by molar-refractivity contribution is 0.0672. The van der Waals surface area contributed by atoms with E-state index in [4.69, 9.17) is 0 Å². The molecule has 6 heteroatoms. The van der Waals surface area contributed by atoms with Crippen LogP contribution in [0.1, 0.15) is 34.6 Å². The van der Waals surface area contributed by atoms with E-state index < -0.39 is 5.82 Å². The maximum absolute atomic E-state index is 14.4. The molecule has 0 radical (unpaired) electrons. The van der Waals surface area contributed by atoms with Crippen molar-refractivity contribution in [2.24, 2.45) is 0 Å². The normalized spacial score (nSPS) is 17.3. The largest absolute Gasteiger partial charge is 0.365 e. The summed E-state index contributed by atoms with van der Waals surface area (Å²) in [6, 6.07) is 11.9. The van der Waals surface area contributed by atoms with Crippen LogP contribution in [0.15, 0.2) is 46.9 Å². The number of hydrogen-bond acceptors (Lipinski definition) is 3. The third kappa shape index (κ3) is 3.65. The first kappa shape index (κ1) is 18.6. The lowest BCUT2D eigenvalue weighted by Crippen LogP contribution is -2.54. The van der Waals surface area contributed by atoms with E-state index >= 15 is 0 Å². The number of benzene rings is 2. The van der Waals surface area contributed by atoms with Crippen LogP contribution in [0.4, 0.5) is 10.1 Å². The first-order valence-corrected chi connectivity index (χ1v) is 9.28. The van der Waals surface area contributed by atoms with Gasteiger partial charge in [0.25, 0.3) is 5.91 Å². The van der Waals surface area contributed by atoms with Crippen LogP contribution >= 0.6 is 15.9 Å². The highest BCUT2D eigenvalue weighted by atomic mass is 79.9. The molecular weight excluding hydrogens is 399 g/mol. The Morgan fingerprint density at radius 3 is 2.50 bits per heavy atom. The van der Waals surface area contributed by atoms with Gasteiger partial charge >= 0.3 is 0 Å². The average molecular weight is 419 g/mol. The molecule has 1 aliphatic heterocycles. The number of amides is 1. The summed E-state index contributed by atoms with van der Waals surface area (Å²) in [6.07, 6.45) is 0. The molecule has 1 heterocycles. The maximum atomic E-state index is 14.4. The van der Waals surface area contributed by atoms with Gasteiger partial charge in [0, 0.05) is 35.7 Å². The summed E-state index contributed by atoms with van der Waals surface area (Å²) in [6.45, 7) is 4.96. The summed E-state index contributed by atoms with van der Waals surface area (Å²) in [7, 11) is 0. The Balaban J connectivity index is 1.76. The predicted octanol–water partition coefficient (Wildman–Crippen LogP) is 4.14. The molecule has 1 fully saturated rings. The number of Topliss-reactive ketones (excluding diaryl/α,β-unsaturated/α-hetero) is 1. The number of carbonyl (C=O) groups is 2. The van der Waals surface area contributed by atoms with E-state index in [1.165, 1.54) is 13.0 Å². The number of ketones is 1. The Morgan fingerprint density at radius 2 is 1.88 bits per heavy atom. The number of anilines is 1. The molecule has 2 aromatic rings. The molecule has 0 aromatic heterocycles. The smallest absolute Gasteiger partial charge is 0.255 e. The second-order valence-corrected chi connectivity index (χ2v) is 7.35. The van der Waals surface area contributed by atoms with Gasteiger partial charge in [-0.15, -0.1) is 0 Å². The van der Waals surface area contributed by atoms with Crippen molar-refractivity contribution in [1.29, 1.82) is 0 Å². The Bertz CT molecular complexity index is 855. The van der Waals surface area contributed by atoms with Gasteiger partial charge in [-0.2, -0.15) is 0 Å². The van der Waals surface area contributed by atoms with E-state index in [2.05, 4.69) is 15.9 Å². The van der Waals surface area contributed by atoms with Crippen molar-refractivity contribution < 1.29 is 14.0 Å². The average Bonchev–Trinajstić information content (AvgIpc) is 2.61. The van der Waals surface area contributed by atoms with Gasteiger partial charge in [0.1, 0.15) is 5.82 Å². The molecule has 136 valence electrons. The van der Waals surface area contributed by atoms with E-state index in [1.807, 2.05) is 34.9 Å². The number of hydrogen-bond donors (Lipinski definition) is 0.